The van der Waals surface area contributed by atoms with Crippen molar-refractivity contribution in [3.05, 3.63) is 65.0 Å². The van der Waals surface area contributed by atoms with E-state index in [2.05, 4.69) is 25.6 Å². The Morgan fingerprint density at radius 1 is 1.14 bits per heavy atom. The summed E-state index contributed by atoms with van der Waals surface area (Å²) in [6.07, 6.45) is 3.31. The number of anilines is 1. The van der Waals surface area contributed by atoms with E-state index in [1.54, 1.807) is 30.6 Å². The molecule has 21 heavy (non-hydrogen) atoms. The molecule has 3 aromatic rings. The van der Waals surface area contributed by atoms with Crippen LogP contribution in [0.3, 0.4) is 0 Å². The summed E-state index contributed by atoms with van der Waals surface area (Å²) in [5.41, 5.74) is 1.43. The van der Waals surface area contributed by atoms with Gasteiger partial charge in [-0.3, -0.25) is 4.72 Å². The van der Waals surface area contributed by atoms with Crippen LogP contribution in [-0.4, -0.2) is 17.8 Å². The Morgan fingerprint density at radius 2 is 1.90 bits per heavy atom. The quantitative estimate of drug-likeness (QED) is 0.772. The van der Waals surface area contributed by atoms with Crippen LogP contribution in [0.1, 0.15) is 5.56 Å². The van der Waals surface area contributed by atoms with Crippen molar-refractivity contribution in [2.24, 2.45) is 0 Å². The highest BCUT2D eigenvalue weighted by molar-refractivity contribution is 9.10. The normalized spacial score (nSPS) is 11.7. The number of sulfonamides is 1. The standard InChI is InChI=1S/C14H12BrN3O2S/c15-13-7-6-12-14(16-8-9-18(12)13)17-21(19,20)10-11-4-2-1-3-5-11/h1-9H,10H2,(H,16,17). The minimum atomic E-state index is -3.51. The van der Waals surface area contributed by atoms with Gasteiger partial charge in [-0.05, 0) is 33.6 Å². The molecule has 1 aromatic carbocycles. The minimum Gasteiger partial charge on any atom is -0.306 e. The molecule has 0 fully saturated rings. The molecule has 0 amide bonds. The van der Waals surface area contributed by atoms with Crippen molar-refractivity contribution in [2.75, 3.05) is 4.72 Å². The number of nitrogens with one attached hydrogen (secondary N) is 1. The zero-order valence-electron chi connectivity index (χ0n) is 10.9. The van der Waals surface area contributed by atoms with E-state index in [0.717, 1.165) is 10.2 Å². The molecule has 0 saturated heterocycles. The molecule has 5 nitrogen and oxygen atoms in total. The summed E-state index contributed by atoms with van der Waals surface area (Å²) >= 11 is 3.39. The lowest BCUT2D eigenvalue weighted by molar-refractivity contribution is 0.600. The SMILES string of the molecule is O=S(=O)(Cc1ccccc1)Nc1nccn2c(Br)ccc12. The first-order valence-corrected chi connectivity index (χ1v) is 8.66. The van der Waals surface area contributed by atoms with Gasteiger partial charge >= 0.3 is 0 Å². The molecule has 0 aliphatic carbocycles. The zero-order valence-corrected chi connectivity index (χ0v) is 13.3. The van der Waals surface area contributed by atoms with Crippen molar-refractivity contribution in [1.29, 1.82) is 0 Å². The number of halogens is 1. The van der Waals surface area contributed by atoms with Gasteiger partial charge in [0.05, 0.1) is 15.9 Å². The van der Waals surface area contributed by atoms with Gasteiger partial charge in [0.2, 0.25) is 10.0 Å². The third-order valence-electron chi connectivity index (χ3n) is 2.98. The lowest BCUT2D eigenvalue weighted by atomic mass is 10.2. The summed E-state index contributed by atoms with van der Waals surface area (Å²) in [4.78, 5) is 4.12. The summed E-state index contributed by atoms with van der Waals surface area (Å²) < 4.78 is 29.7. The van der Waals surface area contributed by atoms with E-state index < -0.39 is 10.0 Å². The van der Waals surface area contributed by atoms with Gasteiger partial charge in [-0.1, -0.05) is 30.3 Å². The summed E-state index contributed by atoms with van der Waals surface area (Å²) in [6, 6.07) is 12.7. The molecule has 108 valence electrons. The Hall–Kier alpha value is -1.86. The van der Waals surface area contributed by atoms with Gasteiger partial charge in [0, 0.05) is 12.4 Å². The van der Waals surface area contributed by atoms with Crippen molar-refractivity contribution < 1.29 is 8.42 Å². The molecule has 0 radical (unpaired) electrons. The number of rotatable bonds is 4. The number of aromatic nitrogens is 2. The highest BCUT2D eigenvalue weighted by atomic mass is 79.9. The van der Waals surface area contributed by atoms with Gasteiger partial charge in [-0.2, -0.15) is 0 Å². The molecule has 0 bridgehead atoms. The van der Waals surface area contributed by atoms with E-state index in [9.17, 15) is 8.42 Å². The van der Waals surface area contributed by atoms with Crippen LogP contribution in [0.25, 0.3) is 5.52 Å². The van der Waals surface area contributed by atoms with Gasteiger partial charge < -0.3 is 4.40 Å². The first-order chi connectivity index (χ1) is 10.1. The van der Waals surface area contributed by atoms with E-state index in [-0.39, 0.29) is 5.75 Å². The largest absolute Gasteiger partial charge is 0.306 e. The molecular formula is C14H12BrN3O2S. The van der Waals surface area contributed by atoms with Crippen molar-refractivity contribution in [1.82, 2.24) is 9.38 Å². The van der Waals surface area contributed by atoms with Crippen LogP contribution < -0.4 is 4.72 Å². The van der Waals surface area contributed by atoms with Crippen LogP contribution in [-0.2, 0) is 15.8 Å². The van der Waals surface area contributed by atoms with E-state index >= 15 is 0 Å². The van der Waals surface area contributed by atoms with Crippen LogP contribution >= 0.6 is 15.9 Å². The Labute approximate surface area is 130 Å². The maximum Gasteiger partial charge on any atom is 0.238 e. The molecular weight excluding hydrogens is 354 g/mol. The van der Waals surface area contributed by atoms with Crippen molar-refractivity contribution in [2.45, 2.75) is 5.75 Å². The van der Waals surface area contributed by atoms with Gasteiger partial charge in [-0.15, -0.1) is 0 Å². The van der Waals surface area contributed by atoms with Crippen molar-refractivity contribution in [3.8, 4) is 0 Å². The van der Waals surface area contributed by atoms with Crippen LogP contribution in [0.4, 0.5) is 5.82 Å². The van der Waals surface area contributed by atoms with Gasteiger partial charge in [0.25, 0.3) is 0 Å². The molecule has 1 N–H and O–H groups in total. The van der Waals surface area contributed by atoms with Gasteiger partial charge in [0.15, 0.2) is 5.82 Å². The van der Waals surface area contributed by atoms with E-state index in [1.165, 1.54) is 0 Å². The van der Waals surface area contributed by atoms with E-state index in [4.69, 9.17) is 0 Å². The average Bonchev–Trinajstić information content (AvgIpc) is 2.82. The minimum absolute atomic E-state index is 0.0849. The first kappa shape index (κ1) is 14.1. The number of benzene rings is 1. The topological polar surface area (TPSA) is 63.5 Å². The molecule has 3 rings (SSSR count). The number of hydrogen-bond donors (Lipinski definition) is 1. The van der Waals surface area contributed by atoms with Crippen LogP contribution in [0.2, 0.25) is 0 Å². The maximum atomic E-state index is 12.2. The fourth-order valence-electron chi connectivity index (χ4n) is 2.06. The Kier molecular flexibility index (Phi) is 3.69. The van der Waals surface area contributed by atoms with Crippen molar-refractivity contribution >= 4 is 37.3 Å². The molecule has 0 aliphatic rings. The fourth-order valence-corrected chi connectivity index (χ4v) is 3.66. The van der Waals surface area contributed by atoms with Gasteiger partial charge in [0.1, 0.15) is 0 Å². The monoisotopic (exact) mass is 365 g/mol. The second-order valence-corrected chi connectivity index (χ2v) is 7.07. The number of hydrogen-bond acceptors (Lipinski definition) is 3. The number of nitrogens with zero attached hydrogens (tertiary/aromatic N) is 2. The van der Waals surface area contributed by atoms with Crippen LogP contribution in [0.15, 0.2) is 59.5 Å². The Balaban J connectivity index is 1.91. The van der Waals surface area contributed by atoms with Crippen LogP contribution in [0, 0.1) is 0 Å². The molecule has 7 heteroatoms. The predicted molar refractivity (Wildman–Crippen MR) is 85.6 cm³/mol. The predicted octanol–water partition coefficient (Wildman–Crippen LogP) is 3.04. The molecule has 2 heterocycles. The second kappa shape index (κ2) is 5.50. The third kappa shape index (κ3) is 3.08. The molecule has 0 unspecified atom stereocenters. The van der Waals surface area contributed by atoms with Crippen molar-refractivity contribution in [3.63, 3.8) is 0 Å². The molecule has 0 spiro atoms. The lowest BCUT2D eigenvalue weighted by Gasteiger charge is -2.09. The first-order valence-electron chi connectivity index (χ1n) is 6.21. The summed E-state index contributed by atoms with van der Waals surface area (Å²) in [6.45, 7) is 0. The van der Waals surface area contributed by atoms with Crippen LogP contribution in [0.5, 0.6) is 0 Å². The zero-order chi connectivity index (χ0) is 14.9. The fraction of sp³-hybridized carbons (Fsp3) is 0.0714. The highest BCUT2D eigenvalue weighted by Gasteiger charge is 2.15. The highest BCUT2D eigenvalue weighted by Crippen LogP contribution is 2.22. The van der Waals surface area contributed by atoms with E-state index in [0.29, 0.717) is 11.3 Å². The molecule has 0 aliphatic heterocycles. The molecule has 0 atom stereocenters. The van der Waals surface area contributed by atoms with Gasteiger partial charge in [-0.25, -0.2) is 13.4 Å². The molecule has 0 saturated carbocycles. The Bertz CT molecular complexity index is 876. The molecule has 2 aromatic heterocycles. The van der Waals surface area contributed by atoms with E-state index in [1.807, 2.05) is 28.7 Å². The third-order valence-corrected chi connectivity index (χ3v) is 4.85. The average molecular weight is 366 g/mol. The second-order valence-electron chi connectivity index (χ2n) is 4.53. The number of fused-ring (bicyclic) bond motifs is 1. The summed E-state index contributed by atoms with van der Waals surface area (Å²) in [7, 11) is -3.51. The lowest BCUT2D eigenvalue weighted by Crippen LogP contribution is -2.16. The summed E-state index contributed by atoms with van der Waals surface area (Å²) in [5, 5.41) is 0. The maximum absolute atomic E-state index is 12.2. The summed E-state index contributed by atoms with van der Waals surface area (Å²) in [5.74, 6) is 0.234. The smallest absolute Gasteiger partial charge is 0.238 e. The Morgan fingerprint density at radius 3 is 2.67 bits per heavy atom.